The number of primary amides is 1. The molecule has 0 bridgehead atoms. The van der Waals surface area contributed by atoms with Crippen LogP contribution in [0.15, 0.2) is 42.5 Å². The van der Waals surface area contributed by atoms with Crippen molar-refractivity contribution in [3.63, 3.8) is 0 Å². The van der Waals surface area contributed by atoms with E-state index in [2.05, 4.69) is 9.69 Å². The SMILES string of the molecule is COCCNC(=O)C(c1ccc(N(C)C)cc1)N(C(=O)c1snc(C(N)=O)c1N)c1ccc(C)c(C)c1. The molecule has 0 radical (unpaired) electrons. The van der Waals surface area contributed by atoms with Crippen molar-refractivity contribution in [1.82, 2.24) is 9.69 Å². The van der Waals surface area contributed by atoms with Crippen LogP contribution in [0.4, 0.5) is 17.1 Å². The molecule has 0 aliphatic carbocycles. The first-order chi connectivity index (χ1) is 17.6. The van der Waals surface area contributed by atoms with Gasteiger partial charge in [0.1, 0.15) is 10.9 Å². The minimum absolute atomic E-state index is 0.0200. The molecule has 0 aliphatic rings. The van der Waals surface area contributed by atoms with E-state index in [1.807, 2.05) is 69.2 Å². The summed E-state index contributed by atoms with van der Waals surface area (Å²) in [7, 11) is 5.37. The van der Waals surface area contributed by atoms with E-state index in [4.69, 9.17) is 16.2 Å². The van der Waals surface area contributed by atoms with Crippen LogP contribution in [0.2, 0.25) is 0 Å². The maximum absolute atomic E-state index is 14.1. The van der Waals surface area contributed by atoms with Gasteiger partial charge >= 0.3 is 0 Å². The van der Waals surface area contributed by atoms with Crippen molar-refractivity contribution in [3.05, 3.63) is 69.7 Å². The summed E-state index contributed by atoms with van der Waals surface area (Å²) in [6.07, 6.45) is 0. The largest absolute Gasteiger partial charge is 0.395 e. The van der Waals surface area contributed by atoms with E-state index in [-0.39, 0.29) is 22.8 Å². The Morgan fingerprint density at radius 3 is 2.24 bits per heavy atom. The number of nitrogen functional groups attached to an aromatic ring is 1. The molecule has 1 unspecified atom stereocenters. The second-order valence-corrected chi connectivity index (χ2v) is 9.53. The molecule has 1 atom stereocenters. The standard InChI is InChI=1S/C26H32N6O4S/c1-15-6-9-19(14-16(15)2)32(26(35)23-20(27)21(24(28)33)30-37-23)22(25(34)29-12-13-36-5)17-7-10-18(11-8-17)31(3)4/h6-11,14,22H,12-13,27H2,1-5H3,(H2,28,33)(H,29,34). The molecule has 0 aliphatic heterocycles. The number of nitrogens with zero attached hydrogens (tertiary/aromatic N) is 3. The number of aromatic nitrogens is 1. The Bertz CT molecular complexity index is 1290. The average Bonchev–Trinajstić information content (AvgIpc) is 3.25. The van der Waals surface area contributed by atoms with Crippen molar-refractivity contribution in [2.45, 2.75) is 19.9 Å². The third-order valence-corrected chi connectivity index (χ3v) is 6.83. The van der Waals surface area contributed by atoms with E-state index >= 15 is 0 Å². The van der Waals surface area contributed by atoms with Crippen molar-refractivity contribution < 1.29 is 19.1 Å². The first kappa shape index (κ1) is 27.6. The fourth-order valence-electron chi connectivity index (χ4n) is 3.74. The van der Waals surface area contributed by atoms with Crippen LogP contribution in [0, 0.1) is 13.8 Å². The number of amides is 3. The molecule has 10 nitrogen and oxygen atoms in total. The number of nitrogens with one attached hydrogen (secondary N) is 1. The summed E-state index contributed by atoms with van der Waals surface area (Å²) in [5.74, 6) is -1.81. The van der Waals surface area contributed by atoms with Gasteiger partial charge in [0.15, 0.2) is 5.69 Å². The number of hydrogen-bond donors (Lipinski definition) is 3. The van der Waals surface area contributed by atoms with Gasteiger partial charge in [-0.05, 0) is 66.3 Å². The van der Waals surface area contributed by atoms with Crippen LogP contribution in [0.1, 0.15) is 42.9 Å². The van der Waals surface area contributed by atoms with Crippen LogP contribution in [0.25, 0.3) is 0 Å². The summed E-state index contributed by atoms with van der Waals surface area (Å²) in [5.41, 5.74) is 15.2. The molecule has 1 aromatic heterocycles. The number of aryl methyl sites for hydroxylation is 2. The molecule has 0 saturated carbocycles. The number of benzene rings is 2. The van der Waals surface area contributed by atoms with Crippen molar-refractivity contribution in [1.29, 1.82) is 0 Å². The van der Waals surface area contributed by atoms with E-state index in [9.17, 15) is 14.4 Å². The normalized spacial score (nSPS) is 11.6. The summed E-state index contributed by atoms with van der Waals surface area (Å²) in [6.45, 7) is 4.44. The van der Waals surface area contributed by atoms with Gasteiger partial charge in [-0.1, -0.05) is 18.2 Å². The Labute approximate surface area is 220 Å². The van der Waals surface area contributed by atoms with Crippen LogP contribution in [-0.2, 0) is 9.53 Å². The number of carbonyl (C=O) groups excluding carboxylic acids is 3. The Hall–Kier alpha value is -3.96. The lowest BCUT2D eigenvalue weighted by molar-refractivity contribution is -0.122. The zero-order valence-corrected chi connectivity index (χ0v) is 22.4. The molecular weight excluding hydrogens is 492 g/mol. The van der Waals surface area contributed by atoms with Crippen molar-refractivity contribution in [2.24, 2.45) is 5.73 Å². The zero-order valence-electron chi connectivity index (χ0n) is 21.6. The summed E-state index contributed by atoms with van der Waals surface area (Å²) in [6, 6.07) is 11.8. The molecule has 0 spiro atoms. The highest BCUT2D eigenvalue weighted by Gasteiger charge is 2.36. The first-order valence-electron chi connectivity index (χ1n) is 11.6. The number of methoxy groups -OCH3 is 1. The molecule has 11 heteroatoms. The van der Waals surface area contributed by atoms with Gasteiger partial charge < -0.3 is 26.4 Å². The third-order valence-electron chi connectivity index (χ3n) is 5.98. The molecule has 1 heterocycles. The summed E-state index contributed by atoms with van der Waals surface area (Å²) in [5, 5.41) is 2.85. The van der Waals surface area contributed by atoms with Gasteiger partial charge in [0.25, 0.3) is 11.8 Å². The smallest absolute Gasteiger partial charge is 0.273 e. The molecule has 0 fully saturated rings. The molecule has 5 N–H and O–H groups in total. The number of ether oxygens (including phenoxy) is 1. The molecule has 37 heavy (non-hydrogen) atoms. The molecule has 3 amide bonds. The topological polar surface area (TPSA) is 144 Å². The fraction of sp³-hybridized carbons (Fsp3) is 0.308. The Balaban J connectivity index is 2.21. The second-order valence-electron chi connectivity index (χ2n) is 8.75. The van der Waals surface area contributed by atoms with Crippen LogP contribution in [0.5, 0.6) is 0 Å². The Morgan fingerprint density at radius 2 is 1.70 bits per heavy atom. The highest BCUT2D eigenvalue weighted by Crippen LogP contribution is 2.34. The van der Waals surface area contributed by atoms with Gasteiger partial charge in [-0.15, -0.1) is 0 Å². The first-order valence-corrected chi connectivity index (χ1v) is 12.3. The number of rotatable bonds is 10. The number of anilines is 3. The predicted molar refractivity (Wildman–Crippen MR) is 146 cm³/mol. The number of carbonyl (C=O) groups is 3. The monoisotopic (exact) mass is 524 g/mol. The molecule has 196 valence electrons. The Kier molecular flexibility index (Phi) is 8.85. The third kappa shape index (κ3) is 6.07. The van der Waals surface area contributed by atoms with Crippen LogP contribution < -0.4 is 26.6 Å². The van der Waals surface area contributed by atoms with Crippen molar-refractivity contribution in [2.75, 3.05) is 49.9 Å². The minimum atomic E-state index is -1.05. The lowest BCUT2D eigenvalue weighted by Crippen LogP contribution is -2.44. The molecule has 2 aromatic carbocycles. The summed E-state index contributed by atoms with van der Waals surface area (Å²) >= 11 is 0.770. The second kappa shape index (κ2) is 11.8. The van der Waals surface area contributed by atoms with E-state index in [0.29, 0.717) is 17.9 Å². The van der Waals surface area contributed by atoms with Crippen LogP contribution in [0.3, 0.4) is 0 Å². The maximum Gasteiger partial charge on any atom is 0.273 e. The minimum Gasteiger partial charge on any atom is -0.395 e. The summed E-state index contributed by atoms with van der Waals surface area (Å²) in [4.78, 5) is 42.8. The van der Waals surface area contributed by atoms with Gasteiger partial charge in [0, 0.05) is 39.1 Å². The van der Waals surface area contributed by atoms with Gasteiger partial charge in [0.05, 0.1) is 12.3 Å². The zero-order chi connectivity index (χ0) is 27.3. The highest BCUT2D eigenvalue weighted by atomic mass is 32.1. The van der Waals surface area contributed by atoms with Gasteiger partial charge in [-0.25, -0.2) is 0 Å². The van der Waals surface area contributed by atoms with Crippen molar-refractivity contribution in [3.8, 4) is 0 Å². The summed E-state index contributed by atoms with van der Waals surface area (Å²) < 4.78 is 9.07. The molecule has 0 saturated heterocycles. The Morgan fingerprint density at radius 1 is 1.05 bits per heavy atom. The predicted octanol–water partition coefficient (Wildman–Crippen LogP) is 2.66. The quantitative estimate of drug-likeness (QED) is 0.346. The van der Waals surface area contributed by atoms with Gasteiger partial charge in [-0.3, -0.25) is 19.3 Å². The maximum atomic E-state index is 14.1. The molecular formula is C26H32N6O4S. The fourth-order valence-corrected chi connectivity index (χ4v) is 4.49. The van der Waals surface area contributed by atoms with E-state index < -0.39 is 23.8 Å². The van der Waals surface area contributed by atoms with Gasteiger partial charge in [-0.2, -0.15) is 4.37 Å². The molecule has 3 aromatic rings. The van der Waals surface area contributed by atoms with E-state index in [1.165, 1.54) is 12.0 Å². The van der Waals surface area contributed by atoms with Gasteiger partial charge in [0.2, 0.25) is 5.91 Å². The lowest BCUT2D eigenvalue weighted by Gasteiger charge is -2.32. The van der Waals surface area contributed by atoms with Crippen LogP contribution >= 0.6 is 11.5 Å². The highest BCUT2D eigenvalue weighted by molar-refractivity contribution is 7.09. The lowest BCUT2D eigenvalue weighted by atomic mass is 10.0. The van der Waals surface area contributed by atoms with Crippen molar-refractivity contribution >= 4 is 46.3 Å². The van der Waals surface area contributed by atoms with Crippen LogP contribution in [-0.4, -0.2) is 56.5 Å². The van der Waals surface area contributed by atoms with E-state index in [1.54, 1.807) is 6.07 Å². The number of nitrogens with two attached hydrogens (primary N) is 2. The molecule has 3 rings (SSSR count). The van der Waals surface area contributed by atoms with E-state index in [0.717, 1.165) is 28.3 Å². The number of hydrogen-bond acceptors (Lipinski definition) is 8. The average molecular weight is 525 g/mol.